The lowest BCUT2D eigenvalue weighted by Crippen LogP contribution is -2.10. The first kappa shape index (κ1) is 27.8. The fraction of sp³-hybridized carbons (Fsp3) is 0. The molecule has 0 amide bonds. The van der Waals surface area contributed by atoms with Gasteiger partial charge in [-0.3, -0.25) is 0 Å². The Morgan fingerprint density at radius 3 is 2.04 bits per heavy atom. The zero-order valence-corrected chi connectivity index (χ0v) is 28.9. The zero-order valence-electron chi connectivity index (χ0n) is 28.1. The Morgan fingerprint density at radius 1 is 0.434 bits per heavy atom. The van der Waals surface area contributed by atoms with Crippen LogP contribution in [0.4, 0.5) is 17.1 Å². The van der Waals surface area contributed by atoms with E-state index in [-0.39, 0.29) is 0 Å². The van der Waals surface area contributed by atoms with Crippen molar-refractivity contribution in [2.75, 3.05) is 4.90 Å². The van der Waals surface area contributed by atoms with Crippen molar-refractivity contribution in [2.45, 2.75) is 0 Å². The molecule has 0 radical (unpaired) electrons. The summed E-state index contributed by atoms with van der Waals surface area (Å²) in [6.07, 6.45) is 0. The molecule has 0 saturated heterocycles. The number of hydrogen-bond donors (Lipinski definition) is 1. The maximum absolute atomic E-state index is 6.49. The Morgan fingerprint density at radius 2 is 1.13 bits per heavy atom. The van der Waals surface area contributed by atoms with E-state index in [0.29, 0.717) is 0 Å². The van der Waals surface area contributed by atoms with Crippen molar-refractivity contribution in [3.05, 3.63) is 152 Å². The number of aromatic amines is 1. The molecule has 4 aromatic heterocycles. The Bertz CT molecular complexity index is 3650. The summed E-state index contributed by atoms with van der Waals surface area (Å²) in [6.45, 7) is 0. The van der Waals surface area contributed by atoms with Gasteiger partial charge in [-0.15, -0.1) is 11.3 Å². The van der Waals surface area contributed by atoms with Gasteiger partial charge in [0.2, 0.25) is 0 Å². The molecule has 0 aliphatic carbocycles. The van der Waals surface area contributed by atoms with Crippen molar-refractivity contribution >= 4 is 136 Å². The van der Waals surface area contributed by atoms with E-state index >= 15 is 0 Å². The first-order chi connectivity index (χ1) is 26.2. The second kappa shape index (κ2) is 9.94. The molecular formula is C48H26N2O2S. The quantitative estimate of drug-likeness (QED) is 0.187. The standard InChI is InChI=1S/C48H26N2O2S/c1-2-9-27-22-29(18-16-26(27)8-1)50(30-19-21-33-31-10-3-5-14-40(31)51-42(33)24-30)39-13-7-12-34-37-23-28-17-20-35-44-38(49-45(43(28)44)48(37)53-47(34)39)25-36-32-11-4-6-15-41(32)52-46(35)36/h1-25,49H. The summed E-state index contributed by atoms with van der Waals surface area (Å²) < 4.78 is 15.4. The molecule has 0 unspecified atom stereocenters. The number of H-pyrrole nitrogens is 1. The molecule has 53 heavy (non-hydrogen) atoms. The molecule has 0 aliphatic rings. The number of hydrogen-bond acceptors (Lipinski definition) is 4. The molecule has 0 spiro atoms. The maximum atomic E-state index is 6.49. The van der Waals surface area contributed by atoms with Crippen LogP contribution in [0.25, 0.3) is 107 Å². The molecular weight excluding hydrogens is 669 g/mol. The number of para-hydroxylation sites is 2. The van der Waals surface area contributed by atoms with Crippen molar-refractivity contribution < 1.29 is 8.83 Å². The molecule has 13 rings (SSSR count). The number of nitrogens with zero attached hydrogens (tertiary/aromatic N) is 1. The lowest BCUT2D eigenvalue weighted by Gasteiger charge is -2.26. The second-order valence-corrected chi connectivity index (χ2v) is 15.2. The van der Waals surface area contributed by atoms with Gasteiger partial charge >= 0.3 is 0 Å². The summed E-state index contributed by atoms with van der Waals surface area (Å²) >= 11 is 1.87. The highest BCUT2D eigenvalue weighted by Gasteiger charge is 2.24. The van der Waals surface area contributed by atoms with Crippen LogP contribution in [0.2, 0.25) is 0 Å². The van der Waals surface area contributed by atoms with E-state index in [1.165, 1.54) is 52.6 Å². The molecule has 4 heterocycles. The van der Waals surface area contributed by atoms with Crippen LogP contribution in [0.5, 0.6) is 0 Å². The number of thiophene rings is 1. The first-order valence-corrected chi connectivity index (χ1v) is 18.7. The van der Waals surface area contributed by atoms with E-state index in [2.05, 4.69) is 143 Å². The van der Waals surface area contributed by atoms with E-state index < -0.39 is 0 Å². The molecule has 0 saturated carbocycles. The summed E-state index contributed by atoms with van der Waals surface area (Å²) in [6, 6.07) is 54.5. The normalized spacial score (nSPS) is 12.5. The third-order valence-electron chi connectivity index (χ3n) is 11.3. The number of nitrogens with one attached hydrogen (secondary N) is 1. The molecule has 9 aromatic carbocycles. The molecule has 0 aliphatic heterocycles. The highest BCUT2D eigenvalue weighted by Crippen LogP contribution is 2.50. The highest BCUT2D eigenvalue weighted by atomic mass is 32.1. The fourth-order valence-electron chi connectivity index (χ4n) is 8.95. The highest BCUT2D eigenvalue weighted by molar-refractivity contribution is 7.27. The Kier molecular flexibility index (Phi) is 5.22. The van der Waals surface area contributed by atoms with Gasteiger partial charge in [-0.25, -0.2) is 0 Å². The predicted octanol–water partition coefficient (Wildman–Crippen LogP) is 14.7. The molecule has 5 heteroatoms. The van der Waals surface area contributed by atoms with Crippen molar-refractivity contribution in [3.63, 3.8) is 0 Å². The van der Waals surface area contributed by atoms with Gasteiger partial charge in [-0.2, -0.15) is 0 Å². The Balaban J connectivity index is 1.10. The summed E-state index contributed by atoms with van der Waals surface area (Å²) in [7, 11) is 0. The fourth-order valence-corrected chi connectivity index (χ4v) is 10.2. The van der Waals surface area contributed by atoms with Crippen LogP contribution in [0.3, 0.4) is 0 Å². The van der Waals surface area contributed by atoms with Gasteiger partial charge in [0.1, 0.15) is 22.3 Å². The molecule has 0 fully saturated rings. The van der Waals surface area contributed by atoms with Gasteiger partial charge in [0.25, 0.3) is 0 Å². The smallest absolute Gasteiger partial charge is 0.143 e. The number of furan rings is 2. The van der Waals surface area contributed by atoms with E-state index in [0.717, 1.165) is 71.8 Å². The monoisotopic (exact) mass is 694 g/mol. The lowest BCUT2D eigenvalue weighted by molar-refractivity contribution is 0.669. The van der Waals surface area contributed by atoms with Crippen LogP contribution < -0.4 is 4.90 Å². The minimum absolute atomic E-state index is 0.877. The van der Waals surface area contributed by atoms with Crippen molar-refractivity contribution in [1.82, 2.24) is 4.98 Å². The van der Waals surface area contributed by atoms with Crippen LogP contribution in [0.15, 0.2) is 160 Å². The van der Waals surface area contributed by atoms with Crippen LogP contribution in [-0.2, 0) is 0 Å². The molecule has 0 atom stereocenters. The van der Waals surface area contributed by atoms with Gasteiger partial charge in [0.05, 0.1) is 20.6 Å². The van der Waals surface area contributed by atoms with Gasteiger partial charge < -0.3 is 18.7 Å². The second-order valence-electron chi connectivity index (χ2n) is 14.1. The number of benzene rings is 9. The SMILES string of the molecule is c1ccc2cc(N(c3ccc4c(c3)oc3ccccc34)c3cccc4c3sc3c4cc4ccc5c6oc7ccccc7c6cc6[nH]c3c4c65)ccc2c1. The maximum Gasteiger partial charge on any atom is 0.143 e. The lowest BCUT2D eigenvalue weighted by atomic mass is 9.98. The van der Waals surface area contributed by atoms with E-state index in [1.807, 2.05) is 29.5 Å². The summed E-state index contributed by atoms with van der Waals surface area (Å²) in [4.78, 5) is 6.32. The van der Waals surface area contributed by atoms with E-state index in [4.69, 9.17) is 8.83 Å². The number of aromatic nitrogens is 1. The number of fused-ring (bicyclic) bond motifs is 12. The minimum Gasteiger partial charge on any atom is -0.456 e. The third kappa shape index (κ3) is 3.69. The van der Waals surface area contributed by atoms with Gasteiger partial charge in [-0.1, -0.05) is 84.9 Å². The topological polar surface area (TPSA) is 45.3 Å². The van der Waals surface area contributed by atoms with Crippen molar-refractivity contribution in [1.29, 1.82) is 0 Å². The average molecular weight is 695 g/mol. The third-order valence-corrected chi connectivity index (χ3v) is 12.6. The van der Waals surface area contributed by atoms with Crippen LogP contribution in [0, 0.1) is 0 Å². The van der Waals surface area contributed by atoms with E-state index in [1.54, 1.807) is 0 Å². The Labute approximate surface area is 305 Å². The minimum atomic E-state index is 0.877. The van der Waals surface area contributed by atoms with E-state index in [9.17, 15) is 0 Å². The molecule has 13 aromatic rings. The van der Waals surface area contributed by atoms with Crippen LogP contribution in [-0.4, -0.2) is 4.98 Å². The van der Waals surface area contributed by atoms with Gasteiger partial charge in [-0.05, 0) is 76.8 Å². The summed E-state index contributed by atoms with van der Waals surface area (Å²) in [5, 5.41) is 14.3. The Hall–Kier alpha value is -6.82. The largest absolute Gasteiger partial charge is 0.456 e. The molecule has 246 valence electrons. The van der Waals surface area contributed by atoms with Crippen LogP contribution >= 0.6 is 11.3 Å². The van der Waals surface area contributed by atoms with Crippen molar-refractivity contribution in [3.8, 4) is 0 Å². The van der Waals surface area contributed by atoms with Crippen LogP contribution in [0.1, 0.15) is 0 Å². The average Bonchev–Trinajstić information content (AvgIpc) is 3.97. The predicted molar refractivity (Wildman–Crippen MR) is 224 cm³/mol. The summed E-state index contributed by atoms with van der Waals surface area (Å²) in [5.41, 5.74) is 9.26. The zero-order chi connectivity index (χ0) is 34.4. The van der Waals surface area contributed by atoms with Gasteiger partial charge in [0.15, 0.2) is 0 Å². The first-order valence-electron chi connectivity index (χ1n) is 17.9. The van der Waals surface area contributed by atoms with Crippen molar-refractivity contribution in [2.24, 2.45) is 0 Å². The van der Waals surface area contributed by atoms with Gasteiger partial charge in [0, 0.05) is 71.4 Å². The number of anilines is 3. The molecule has 0 bridgehead atoms. The molecule has 4 nitrogen and oxygen atoms in total. The number of rotatable bonds is 3. The molecule has 1 N–H and O–H groups in total. The summed E-state index contributed by atoms with van der Waals surface area (Å²) in [5.74, 6) is 0.